The Morgan fingerprint density at radius 1 is 1.47 bits per heavy atom. The summed E-state index contributed by atoms with van der Waals surface area (Å²) in [7, 11) is 1.57. The minimum Gasteiger partial charge on any atom is -0.349 e. The zero-order valence-electron chi connectivity index (χ0n) is 10.8. The van der Waals surface area contributed by atoms with Gasteiger partial charge in [-0.3, -0.25) is 4.79 Å². The molecular formula is C13H16ClNO3S. The summed E-state index contributed by atoms with van der Waals surface area (Å²) in [6, 6.07) is 4.83. The van der Waals surface area contributed by atoms with Gasteiger partial charge in [-0.2, -0.15) is 0 Å². The zero-order chi connectivity index (χ0) is 14.2. The Morgan fingerprint density at radius 2 is 2.11 bits per heavy atom. The molecule has 1 aliphatic rings. The highest BCUT2D eigenvalue weighted by Crippen LogP contribution is 2.29. The standard InChI is InChI=1S/C13H16ClNO3S/c1-3-9-4-5-10(7-12(9)19(14,17)18)13(16)15-11-6-8(11)2/h4-5,7-8,11H,3,6H2,1-2H3,(H,15,16). The number of benzene rings is 1. The summed E-state index contributed by atoms with van der Waals surface area (Å²) in [5, 5.41) is 2.86. The molecule has 0 spiro atoms. The highest BCUT2D eigenvalue weighted by atomic mass is 35.7. The van der Waals surface area contributed by atoms with Crippen molar-refractivity contribution in [3.05, 3.63) is 29.3 Å². The SMILES string of the molecule is CCc1ccc(C(=O)NC2CC2C)cc1S(=O)(=O)Cl. The average Bonchev–Trinajstić information content (AvgIpc) is 3.02. The molecule has 2 rings (SSSR count). The number of hydrogen-bond acceptors (Lipinski definition) is 3. The Morgan fingerprint density at radius 3 is 2.58 bits per heavy atom. The molecule has 0 aromatic heterocycles. The molecule has 104 valence electrons. The quantitative estimate of drug-likeness (QED) is 0.868. The van der Waals surface area contributed by atoms with Gasteiger partial charge in [-0.1, -0.05) is 19.9 Å². The van der Waals surface area contributed by atoms with Crippen molar-refractivity contribution >= 4 is 25.6 Å². The van der Waals surface area contributed by atoms with E-state index in [1.807, 2.05) is 6.92 Å². The number of nitrogens with one attached hydrogen (secondary N) is 1. The lowest BCUT2D eigenvalue weighted by Crippen LogP contribution is -2.26. The van der Waals surface area contributed by atoms with Gasteiger partial charge in [0.05, 0.1) is 4.90 Å². The first kappa shape index (κ1) is 14.3. The third-order valence-electron chi connectivity index (χ3n) is 3.40. The van der Waals surface area contributed by atoms with E-state index in [4.69, 9.17) is 10.7 Å². The van der Waals surface area contributed by atoms with Gasteiger partial charge in [-0.15, -0.1) is 0 Å². The van der Waals surface area contributed by atoms with Crippen LogP contribution in [-0.4, -0.2) is 20.4 Å². The molecule has 0 heterocycles. The Hall–Kier alpha value is -1.07. The summed E-state index contributed by atoms with van der Waals surface area (Å²) in [5.74, 6) is 0.244. The molecule has 1 N–H and O–H groups in total. The van der Waals surface area contributed by atoms with Crippen molar-refractivity contribution in [3.8, 4) is 0 Å². The molecule has 0 aliphatic heterocycles. The van der Waals surface area contributed by atoms with Crippen molar-refractivity contribution < 1.29 is 13.2 Å². The molecule has 1 aromatic carbocycles. The highest BCUT2D eigenvalue weighted by molar-refractivity contribution is 8.13. The number of hydrogen-bond donors (Lipinski definition) is 1. The molecule has 2 unspecified atom stereocenters. The first-order valence-electron chi connectivity index (χ1n) is 6.21. The molecule has 1 fully saturated rings. The van der Waals surface area contributed by atoms with Crippen molar-refractivity contribution in [2.75, 3.05) is 0 Å². The number of carbonyl (C=O) groups excluding carboxylic acids is 1. The summed E-state index contributed by atoms with van der Waals surface area (Å²) < 4.78 is 23.0. The first-order chi connectivity index (χ1) is 8.82. The van der Waals surface area contributed by atoms with Crippen molar-refractivity contribution in [2.45, 2.75) is 37.6 Å². The largest absolute Gasteiger partial charge is 0.349 e. The van der Waals surface area contributed by atoms with E-state index in [-0.39, 0.29) is 16.8 Å². The second-order valence-electron chi connectivity index (χ2n) is 4.91. The predicted molar refractivity (Wildman–Crippen MR) is 73.9 cm³/mol. The topological polar surface area (TPSA) is 63.2 Å². The van der Waals surface area contributed by atoms with Crippen LogP contribution in [-0.2, 0) is 15.5 Å². The molecule has 0 bridgehead atoms. The zero-order valence-corrected chi connectivity index (χ0v) is 12.4. The van der Waals surface area contributed by atoms with Gasteiger partial charge in [0.15, 0.2) is 0 Å². The third-order valence-corrected chi connectivity index (χ3v) is 4.80. The predicted octanol–water partition coefficient (Wildman–Crippen LogP) is 2.31. The Kier molecular flexibility index (Phi) is 3.87. The monoisotopic (exact) mass is 301 g/mol. The molecule has 0 saturated heterocycles. The summed E-state index contributed by atoms with van der Waals surface area (Å²) >= 11 is 0. The summed E-state index contributed by atoms with van der Waals surface area (Å²) in [4.78, 5) is 12.0. The van der Waals surface area contributed by atoms with Crippen LogP contribution < -0.4 is 5.32 Å². The summed E-state index contributed by atoms with van der Waals surface area (Å²) in [6.45, 7) is 3.90. The number of aryl methyl sites for hydroxylation is 1. The third kappa shape index (κ3) is 3.28. The Labute approximate surface area is 117 Å². The van der Waals surface area contributed by atoms with E-state index in [1.165, 1.54) is 6.07 Å². The molecule has 2 atom stereocenters. The molecule has 1 saturated carbocycles. The Bertz CT molecular complexity index is 612. The van der Waals surface area contributed by atoms with Crippen molar-refractivity contribution in [1.29, 1.82) is 0 Å². The number of amides is 1. The minimum atomic E-state index is -3.83. The van der Waals surface area contributed by atoms with E-state index in [1.54, 1.807) is 12.1 Å². The lowest BCUT2D eigenvalue weighted by Gasteiger charge is -2.08. The number of rotatable bonds is 4. The maximum Gasteiger partial charge on any atom is 0.261 e. The van der Waals surface area contributed by atoms with Crippen LogP contribution in [0.2, 0.25) is 0 Å². The minimum absolute atomic E-state index is 0.0214. The highest BCUT2D eigenvalue weighted by Gasteiger charge is 2.34. The van der Waals surface area contributed by atoms with Crippen LogP contribution in [0.15, 0.2) is 23.1 Å². The van der Waals surface area contributed by atoms with E-state index < -0.39 is 9.05 Å². The van der Waals surface area contributed by atoms with E-state index in [0.717, 1.165) is 6.42 Å². The van der Waals surface area contributed by atoms with Crippen LogP contribution >= 0.6 is 10.7 Å². The van der Waals surface area contributed by atoms with E-state index in [0.29, 0.717) is 23.5 Å². The molecule has 0 radical (unpaired) electrons. The number of carbonyl (C=O) groups is 1. The van der Waals surface area contributed by atoms with E-state index in [9.17, 15) is 13.2 Å². The molecule has 19 heavy (non-hydrogen) atoms. The second kappa shape index (κ2) is 5.13. The fourth-order valence-corrected chi connectivity index (χ4v) is 3.21. The summed E-state index contributed by atoms with van der Waals surface area (Å²) in [6.07, 6.45) is 1.52. The van der Waals surface area contributed by atoms with Gasteiger partial charge in [0.25, 0.3) is 15.0 Å². The van der Waals surface area contributed by atoms with Crippen LogP contribution in [0.4, 0.5) is 0 Å². The molecule has 1 aliphatic carbocycles. The molecule has 4 nitrogen and oxygen atoms in total. The maximum atomic E-state index is 12.0. The van der Waals surface area contributed by atoms with Crippen molar-refractivity contribution in [3.63, 3.8) is 0 Å². The van der Waals surface area contributed by atoms with Crippen molar-refractivity contribution in [2.24, 2.45) is 5.92 Å². The van der Waals surface area contributed by atoms with Crippen LogP contribution in [0.3, 0.4) is 0 Å². The lowest BCUT2D eigenvalue weighted by atomic mass is 10.1. The van der Waals surface area contributed by atoms with Crippen molar-refractivity contribution in [1.82, 2.24) is 5.32 Å². The van der Waals surface area contributed by atoms with Gasteiger partial charge in [0.1, 0.15) is 0 Å². The van der Waals surface area contributed by atoms with Crippen LogP contribution in [0.5, 0.6) is 0 Å². The van der Waals surface area contributed by atoms with Crippen LogP contribution in [0.25, 0.3) is 0 Å². The second-order valence-corrected chi connectivity index (χ2v) is 7.44. The average molecular weight is 302 g/mol. The molecule has 1 amide bonds. The van der Waals surface area contributed by atoms with Gasteiger partial charge >= 0.3 is 0 Å². The summed E-state index contributed by atoms with van der Waals surface area (Å²) in [5.41, 5.74) is 0.946. The molecule has 6 heteroatoms. The number of halogens is 1. The Balaban J connectivity index is 2.30. The van der Waals surface area contributed by atoms with E-state index in [2.05, 4.69) is 12.2 Å². The van der Waals surface area contributed by atoms with E-state index >= 15 is 0 Å². The van der Waals surface area contributed by atoms with Gasteiger partial charge in [0.2, 0.25) is 0 Å². The van der Waals surface area contributed by atoms with Crippen LogP contribution in [0, 0.1) is 5.92 Å². The fraction of sp³-hybridized carbons (Fsp3) is 0.462. The normalized spacial score (nSPS) is 22.1. The maximum absolute atomic E-state index is 12.0. The first-order valence-corrected chi connectivity index (χ1v) is 8.52. The molecular weight excluding hydrogens is 286 g/mol. The van der Waals surface area contributed by atoms with Crippen LogP contribution in [0.1, 0.15) is 36.2 Å². The lowest BCUT2D eigenvalue weighted by molar-refractivity contribution is 0.0949. The van der Waals surface area contributed by atoms with Gasteiger partial charge in [-0.25, -0.2) is 8.42 Å². The van der Waals surface area contributed by atoms with Gasteiger partial charge < -0.3 is 5.32 Å². The van der Waals surface area contributed by atoms with Gasteiger partial charge in [0, 0.05) is 22.3 Å². The van der Waals surface area contributed by atoms with Gasteiger partial charge in [-0.05, 0) is 36.5 Å². The fourth-order valence-electron chi connectivity index (χ4n) is 1.99. The smallest absolute Gasteiger partial charge is 0.261 e. The molecule has 1 aromatic rings.